The van der Waals surface area contributed by atoms with Gasteiger partial charge in [-0.25, -0.2) is 0 Å². The Kier molecular flexibility index (Phi) is 5.99. The molecule has 1 aromatic heterocycles. The topological polar surface area (TPSA) is 76.1 Å². The number of para-hydroxylation sites is 2. The van der Waals surface area contributed by atoms with Crippen LogP contribution in [0.1, 0.15) is 35.9 Å². The van der Waals surface area contributed by atoms with Crippen molar-refractivity contribution in [3.63, 3.8) is 0 Å². The lowest BCUT2D eigenvalue weighted by Crippen LogP contribution is -2.27. The van der Waals surface area contributed by atoms with Crippen molar-refractivity contribution in [2.75, 3.05) is 11.9 Å². The average molecular weight is 362 g/mol. The number of nitrogens with one attached hydrogen (secondary N) is 2. The van der Waals surface area contributed by atoms with E-state index in [9.17, 15) is 4.79 Å². The van der Waals surface area contributed by atoms with E-state index < -0.39 is 0 Å². The van der Waals surface area contributed by atoms with Gasteiger partial charge in [0.15, 0.2) is 11.5 Å². The van der Waals surface area contributed by atoms with Crippen LogP contribution in [0.4, 0.5) is 11.5 Å². The zero-order valence-electron chi connectivity index (χ0n) is 15.3. The smallest absolute Gasteiger partial charge is 0.272 e. The first kappa shape index (κ1) is 18.4. The molecule has 3 aromatic rings. The summed E-state index contributed by atoms with van der Waals surface area (Å²) in [6.07, 6.45) is 0. The molecule has 0 spiro atoms. The third kappa shape index (κ3) is 4.82. The average Bonchev–Trinajstić information content (AvgIpc) is 2.71. The maximum absolute atomic E-state index is 12.4. The largest absolute Gasteiger partial charge is 0.492 e. The van der Waals surface area contributed by atoms with Crippen molar-refractivity contribution in [2.24, 2.45) is 0 Å². The number of amides is 1. The molecule has 0 bridgehead atoms. The minimum absolute atomic E-state index is 0.114. The minimum atomic E-state index is -0.264. The first-order valence-corrected chi connectivity index (χ1v) is 8.85. The first-order valence-electron chi connectivity index (χ1n) is 8.85. The molecule has 1 unspecified atom stereocenters. The van der Waals surface area contributed by atoms with E-state index in [0.717, 1.165) is 17.0 Å². The highest BCUT2D eigenvalue weighted by Crippen LogP contribution is 2.26. The van der Waals surface area contributed by atoms with Gasteiger partial charge in [-0.1, -0.05) is 42.5 Å². The van der Waals surface area contributed by atoms with Gasteiger partial charge in [-0.05, 0) is 43.7 Å². The molecule has 138 valence electrons. The van der Waals surface area contributed by atoms with Crippen molar-refractivity contribution in [1.29, 1.82) is 0 Å². The molecule has 0 fully saturated rings. The Hall–Kier alpha value is -3.41. The molecule has 0 aliphatic carbocycles. The number of ether oxygens (including phenoxy) is 1. The van der Waals surface area contributed by atoms with E-state index in [2.05, 4.69) is 20.8 Å². The fourth-order valence-electron chi connectivity index (χ4n) is 2.60. The van der Waals surface area contributed by atoms with Gasteiger partial charge in [-0.15, -0.1) is 10.2 Å². The summed E-state index contributed by atoms with van der Waals surface area (Å²) in [5.41, 5.74) is 2.09. The van der Waals surface area contributed by atoms with Crippen molar-refractivity contribution < 1.29 is 9.53 Å². The van der Waals surface area contributed by atoms with Crippen molar-refractivity contribution >= 4 is 17.4 Å². The summed E-state index contributed by atoms with van der Waals surface area (Å²) < 4.78 is 5.58. The second-order valence-electron chi connectivity index (χ2n) is 5.96. The van der Waals surface area contributed by atoms with Crippen molar-refractivity contribution in [2.45, 2.75) is 19.9 Å². The summed E-state index contributed by atoms with van der Waals surface area (Å²) in [6, 6.07) is 20.6. The van der Waals surface area contributed by atoms with Crippen LogP contribution in [0.15, 0.2) is 66.7 Å². The monoisotopic (exact) mass is 362 g/mol. The third-order valence-electron chi connectivity index (χ3n) is 3.99. The summed E-state index contributed by atoms with van der Waals surface area (Å²) in [7, 11) is 0. The number of carbonyl (C=O) groups is 1. The Morgan fingerprint density at radius 2 is 1.74 bits per heavy atom. The zero-order chi connectivity index (χ0) is 19.1. The molecule has 1 heterocycles. The Labute approximate surface area is 158 Å². The van der Waals surface area contributed by atoms with Gasteiger partial charge in [0, 0.05) is 0 Å². The molecule has 0 aliphatic heterocycles. The number of rotatable bonds is 7. The van der Waals surface area contributed by atoms with Crippen LogP contribution in [0.25, 0.3) is 0 Å². The molecule has 6 heteroatoms. The molecule has 0 radical (unpaired) electrons. The molecule has 2 aromatic carbocycles. The van der Waals surface area contributed by atoms with Crippen LogP contribution in [0.2, 0.25) is 0 Å². The van der Waals surface area contributed by atoms with Crippen molar-refractivity contribution in [3.8, 4) is 5.75 Å². The predicted octanol–water partition coefficient (Wildman–Crippen LogP) is 4.11. The minimum Gasteiger partial charge on any atom is -0.492 e. The fraction of sp³-hybridized carbons (Fsp3) is 0.190. The van der Waals surface area contributed by atoms with E-state index >= 15 is 0 Å². The molecule has 0 aliphatic rings. The molecule has 6 nitrogen and oxygen atoms in total. The maximum Gasteiger partial charge on any atom is 0.272 e. The highest BCUT2D eigenvalue weighted by molar-refractivity contribution is 5.92. The lowest BCUT2D eigenvalue weighted by atomic mass is 10.1. The van der Waals surface area contributed by atoms with Crippen LogP contribution < -0.4 is 15.4 Å². The standard InChI is InChI=1S/C21H22N4O2/c1-3-27-19-12-8-7-11-17(19)23-20-14-13-18(24-25-20)21(26)22-15(2)16-9-5-4-6-10-16/h4-15H,3H2,1-2H3,(H,22,26)(H,23,25). The van der Waals surface area contributed by atoms with E-state index in [1.807, 2.05) is 68.4 Å². The van der Waals surface area contributed by atoms with E-state index in [1.165, 1.54) is 0 Å². The predicted molar refractivity (Wildman–Crippen MR) is 105 cm³/mol. The number of benzene rings is 2. The lowest BCUT2D eigenvalue weighted by molar-refractivity contribution is 0.0934. The summed E-state index contributed by atoms with van der Waals surface area (Å²) in [5, 5.41) is 14.2. The Morgan fingerprint density at radius 3 is 2.44 bits per heavy atom. The summed E-state index contributed by atoms with van der Waals surface area (Å²) in [6.45, 7) is 4.44. The zero-order valence-corrected chi connectivity index (χ0v) is 15.3. The Bertz CT molecular complexity index is 882. The number of hydrogen-bond donors (Lipinski definition) is 2. The van der Waals surface area contributed by atoms with Gasteiger partial charge in [-0.2, -0.15) is 0 Å². The second kappa shape index (κ2) is 8.80. The summed E-state index contributed by atoms with van der Waals surface area (Å²) >= 11 is 0. The summed E-state index contributed by atoms with van der Waals surface area (Å²) in [5.74, 6) is 1.01. The molecule has 1 amide bonds. The second-order valence-corrected chi connectivity index (χ2v) is 5.96. The number of hydrogen-bond acceptors (Lipinski definition) is 5. The van der Waals surface area contributed by atoms with Crippen LogP contribution >= 0.6 is 0 Å². The number of nitrogens with zero attached hydrogens (tertiary/aromatic N) is 2. The third-order valence-corrected chi connectivity index (χ3v) is 3.99. The quantitative estimate of drug-likeness (QED) is 0.661. The Morgan fingerprint density at radius 1 is 1.00 bits per heavy atom. The van der Waals surface area contributed by atoms with E-state index in [1.54, 1.807) is 12.1 Å². The number of anilines is 2. The van der Waals surface area contributed by atoms with E-state index in [0.29, 0.717) is 12.4 Å². The van der Waals surface area contributed by atoms with Gasteiger partial charge in [0.25, 0.3) is 5.91 Å². The fourth-order valence-corrected chi connectivity index (χ4v) is 2.60. The highest BCUT2D eigenvalue weighted by Gasteiger charge is 2.13. The normalized spacial score (nSPS) is 11.5. The maximum atomic E-state index is 12.4. The van der Waals surface area contributed by atoms with Crippen LogP contribution in [0.3, 0.4) is 0 Å². The Balaban J connectivity index is 1.66. The van der Waals surface area contributed by atoms with Crippen molar-refractivity contribution in [1.82, 2.24) is 15.5 Å². The molecule has 1 atom stereocenters. The van der Waals surface area contributed by atoms with Gasteiger partial charge in [-0.3, -0.25) is 4.79 Å². The van der Waals surface area contributed by atoms with Gasteiger partial charge in [0.2, 0.25) is 0 Å². The molecular formula is C21H22N4O2. The molecule has 27 heavy (non-hydrogen) atoms. The van der Waals surface area contributed by atoms with Crippen LogP contribution in [-0.4, -0.2) is 22.7 Å². The lowest BCUT2D eigenvalue weighted by Gasteiger charge is -2.14. The molecule has 3 rings (SSSR count). The number of carbonyl (C=O) groups excluding carboxylic acids is 1. The van der Waals surface area contributed by atoms with Crippen LogP contribution in [-0.2, 0) is 0 Å². The summed E-state index contributed by atoms with van der Waals surface area (Å²) in [4.78, 5) is 12.4. The van der Waals surface area contributed by atoms with Crippen LogP contribution in [0.5, 0.6) is 5.75 Å². The molecule has 0 saturated heterocycles. The van der Waals surface area contributed by atoms with Gasteiger partial charge in [0.05, 0.1) is 18.3 Å². The molecule has 0 saturated carbocycles. The molecule has 2 N–H and O–H groups in total. The molecular weight excluding hydrogens is 340 g/mol. The van der Waals surface area contributed by atoms with Gasteiger partial charge >= 0.3 is 0 Å². The number of aromatic nitrogens is 2. The van der Waals surface area contributed by atoms with Crippen molar-refractivity contribution in [3.05, 3.63) is 78.0 Å². The SMILES string of the molecule is CCOc1ccccc1Nc1ccc(C(=O)NC(C)c2ccccc2)nn1. The first-order chi connectivity index (χ1) is 13.2. The highest BCUT2D eigenvalue weighted by atomic mass is 16.5. The van der Waals surface area contributed by atoms with Crippen LogP contribution in [0, 0.1) is 0 Å². The van der Waals surface area contributed by atoms with E-state index in [-0.39, 0.29) is 17.6 Å². The van der Waals surface area contributed by atoms with Gasteiger partial charge in [0.1, 0.15) is 5.75 Å². The van der Waals surface area contributed by atoms with E-state index in [4.69, 9.17) is 4.74 Å². The van der Waals surface area contributed by atoms with Gasteiger partial charge < -0.3 is 15.4 Å².